The number of nitrogens with two attached hydrogens (primary N) is 1. The lowest BCUT2D eigenvalue weighted by Gasteiger charge is -2.27. The van der Waals surface area contributed by atoms with Crippen molar-refractivity contribution in [2.75, 3.05) is 25.4 Å². The number of benzene rings is 1. The van der Waals surface area contributed by atoms with E-state index in [9.17, 15) is 4.79 Å². The third-order valence-corrected chi connectivity index (χ3v) is 2.82. The first-order chi connectivity index (χ1) is 7.75. The highest BCUT2D eigenvalue weighted by molar-refractivity contribution is 5.74. The monoisotopic (exact) mass is 219 g/mol. The molecular formula is C12H17N3O. The molecule has 4 heteroatoms. The van der Waals surface area contributed by atoms with Gasteiger partial charge in [-0.15, -0.1) is 0 Å². The Kier molecular flexibility index (Phi) is 3.29. The number of carbonyl (C=O) groups is 1. The lowest BCUT2D eigenvalue weighted by molar-refractivity contribution is 0.187. The summed E-state index contributed by atoms with van der Waals surface area (Å²) in [7, 11) is 0. The van der Waals surface area contributed by atoms with Crippen LogP contribution in [-0.2, 0) is 6.42 Å². The highest BCUT2D eigenvalue weighted by Gasteiger charge is 2.16. The van der Waals surface area contributed by atoms with Crippen molar-refractivity contribution in [2.24, 2.45) is 0 Å². The van der Waals surface area contributed by atoms with Crippen molar-refractivity contribution >= 4 is 11.7 Å². The molecule has 1 aromatic carbocycles. The molecule has 0 atom stereocenters. The van der Waals surface area contributed by atoms with Crippen LogP contribution in [0.2, 0.25) is 0 Å². The van der Waals surface area contributed by atoms with Gasteiger partial charge in [0.2, 0.25) is 0 Å². The molecule has 0 bridgehead atoms. The Balaban J connectivity index is 1.86. The maximum absolute atomic E-state index is 11.5. The van der Waals surface area contributed by atoms with Gasteiger partial charge in [-0.25, -0.2) is 4.79 Å². The van der Waals surface area contributed by atoms with Crippen LogP contribution in [0.4, 0.5) is 10.5 Å². The zero-order chi connectivity index (χ0) is 11.4. The van der Waals surface area contributed by atoms with E-state index < -0.39 is 0 Å². The minimum atomic E-state index is 0.0571. The summed E-state index contributed by atoms with van der Waals surface area (Å²) in [4.78, 5) is 13.3. The number of hydrogen-bond donors (Lipinski definition) is 2. The van der Waals surface area contributed by atoms with Crippen molar-refractivity contribution in [3.8, 4) is 0 Å². The second kappa shape index (κ2) is 4.88. The summed E-state index contributed by atoms with van der Waals surface area (Å²) < 4.78 is 0. The number of amides is 2. The second-order valence-corrected chi connectivity index (χ2v) is 4.06. The van der Waals surface area contributed by atoms with Crippen molar-refractivity contribution in [3.63, 3.8) is 0 Å². The summed E-state index contributed by atoms with van der Waals surface area (Å²) in [5.41, 5.74) is 7.61. The zero-order valence-corrected chi connectivity index (χ0v) is 9.28. The van der Waals surface area contributed by atoms with E-state index in [4.69, 9.17) is 5.73 Å². The Hall–Kier alpha value is -1.71. The van der Waals surface area contributed by atoms with Crippen molar-refractivity contribution in [3.05, 3.63) is 29.8 Å². The number of anilines is 1. The number of nitrogens with one attached hydrogen (secondary N) is 1. The Labute approximate surface area is 95.4 Å². The van der Waals surface area contributed by atoms with E-state index in [-0.39, 0.29) is 6.03 Å². The van der Waals surface area contributed by atoms with Gasteiger partial charge in [-0.2, -0.15) is 0 Å². The first-order valence-electron chi connectivity index (χ1n) is 5.63. The van der Waals surface area contributed by atoms with Gasteiger partial charge >= 0.3 is 6.03 Å². The van der Waals surface area contributed by atoms with Crippen molar-refractivity contribution in [1.82, 2.24) is 10.2 Å². The quantitative estimate of drug-likeness (QED) is 0.751. The number of nitrogens with zero attached hydrogens (tertiary/aromatic N) is 1. The van der Waals surface area contributed by atoms with E-state index in [1.165, 1.54) is 5.56 Å². The molecule has 0 saturated carbocycles. The molecular weight excluding hydrogens is 202 g/mol. The van der Waals surface area contributed by atoms with E-state index >= 15 is 0 Å². The van der Waals surface area contributed by atoms with Crippen LogP contribution in [0.25, 0.3) is 0 Å². The Morgan fingerprint density at radius 3 is 2.75 bits per heavy atom. The fourth-order valence-electron chi connectivity index (χ4n) is 1.84. The van der Waals surface area contributed by atoms with Gasteiger partial charge in [-0.3, -0.25) is 0 Å². The van der Waals surface area contributed by atoms with Crippen LogP contribution in [0, 0.1) is 0 Å². The molecule has 2 rings (SSSR count). The van der Waals surface area contributed by atoms with Gasteiger partial charge in [0.15, 0.2) is 0 Å². The maximum Gasteiger partial charge on any atom is 0.317 e. The maximum atomic E-state index is 11.5. The van der Waals surface area contributed by atoms with Crippen molar-refractivity contribution in [1.29, 1.82) is 0 Å². The average Bonchev–Trinajstić information content (AvgIpc) is 2.30. The fourth-order valence-corrected chi connectivity index (χ4v) is 1.84. The summed E-state index contributed by atoms with van der Waals surface area (Å²) in [6.07, 6.45) is 1.92. The predicted molar refractivity (Wildman–Crippen MR) is 64.1 cm³/mol. The first kappa shape index (κ1) is 10.8. The number of carbonyl (C=O) groups excluding carboxylic acids is 1. The van der Waals surface area contributed by atoms with Crippen LogP contribution in [0.3, 0.4) is 0 Å². The second-order valence-electron chi connectivity index (χ2n) is 4.06. The Morgan fingerprint density at radius 2 is 2.06 bits per heavy atom. The number of rotatable bonds is 3. The molecule has 0 aliphatic carbocycles. The first-order valence-corrected chi connectivity index (χ1v) is 5.63. The van der Waals surface area contributed by atoms with Crippen LogP contribution in [0.1, 0.15) is 12.0 Å². The third kappa shape index (κ3) is 2.66. The largest absolute Gasteiger partial charge is 0.399 e. The molecule has 0 spiro atoms. The molecule has 1 aromatic rings. The fraction of sp³-hybridized carbons (Fsp3) is 0.417. The Morgan fingerprint density at radius 1 is 1.31 bits per heavy atom. The Bertz CT molecular complexity index is 361. The van der Waals surface area contributed by atoms with Gasteiger partial charge < -0.3 is 16.0 Å². The minimum Gasteiger partial charge on any atom is -0.399 e. The topological polar surface area (TPSA) is 58.4 Å². The molecule has 0 unspecified atom stereocenters. The molecule has 2 amide bonds. The summed E-state index contributed by atoms with van der Waals surface area (Å²) in [5.74, 6) is 0. The number of nitrogen functional groups attached to an aromatic ring is 1. The zero-order valence-electron chi connectivity index (χ0n) is 9.28. The molecule has 1 heterocycles. The molecule has 0 aromatic heterocycles. The van der Waals surface area contributed by atoms with E-state index in [0.717, 1.165) is 38.2 Å². The van der Waals surface area contributed by atoms with Gasteiger partial charge in [-0.1, -0.05) is 12.1 Å². The molecule has 0 radical (unpaired) electrons. The molecule has 16 heavy (non-hydrogen) atoms. The predicted octanol–water partition coefficient (Wildman–Crippen LogP) is 1.23. The van der Waals surface area contributed by atoms with Gasteiger partial charge in [0.25, 0.3) is 0 Å². The molecule has 86 valence electrons. The highest BCUT2D eigenvalue weighted by atomic mass is 16.2. The molecule has 1 aliphatic rings. The molecule has 3 N–H and O–H groups in total. The lowest BCUT2D eigenvalue weighted by Crippen LogP contribution is -2.47. The van der Waals surface area contributed by atoms with E-state index in [0.29, 0.717) is 0 Å². The van der Waals surface area contributed by atoms with Crippen LogP contribution in [0.15, 0.2) is 24.3 Å². The van der Waals surface area contributed by atoms with Crippen molar-refractivity contribution < 1.29 is 4.79 Å². The molecule has 1 fully saturated rings. The number of hydrogen-bond acceptors (Lipinski definition) is 2. The van der Waals surface area contributed by atoms with Gasteiger partial charge in [-0.05, 0) is 30.5 Å². The smallest absolute Gasteiger partial charge is 0.317 e. The third-order valence-electron chi connectivity index (χ3n) is 2.82. The SMILES string of the molecule is Nc1ccc(CCN2CCCNC2=O)cc1. The van der Waals surface area contributed by atoms with Crippen molar-refractivity contribution in [2.45, 2.75) is 12.8 Å². The van der Waals surface area contributed by atoms with Gasteiger partial charge in [0, 0.05) is 25.3 Å². The minimum absolute atomic E-state index is 0.0571. The highest BCUT2D eigenvalue weighted by Crippen LogP contribution is 2.08. The molecule has 4 nitrogen and oxygen atoms in total. The summed E-state index contributed by atoms with van der Waals surface area (Å²) in [5, 5.41) is 2.84. The summed E-state index contributed by atoms with van der Waals surface area (Å²) in [6.45, 7) is 2.44. The summed E-state index contributed by atoms with van der Waals surface area (Å²) >= 11 is 0. The lowest BCUT2D eigenvalue weighted by atomic mass is 10.1. The normalized spacial score (nSPS) is 16.0. The standard InChI is InChI=1S/C12H17N3O/c13-11-4-2-10(3-5-11)6-9-15-8-1-7-14-12(15)16/h2-5H,1,6-9,13H2,(H,14,16). The summed E-state index contributed by atoms with van der Waals surface area (Å²) in [6, 6.07) is 7.87. The van der Waals surface area contributed by atoms with Crippen LogP contribution in [0.5, 0.6) is 0 Å². The van der Waals surface area contributed by atoms with Gasteiger partial charge in [0.1, 0.15) is 0 Å². The number of urea groups is 1. The van der Waals surface area contributed by atoms with Crippen LogP contribution >= 0.6 is 0 Å². The molecule has 1 aliphatic heterocycles. The van der Waals surface area contributed by atoms with Crippen LogP contribution < -0.4 is 11.1 Å². The average molecular weight is 219 g/mol. The van der Waals surface area contributed by atoms with Crippen LogP contribution in [-0.4, -0.2) is 30.6 Å². The molecule has 1 saturated heterocycles. The van der Waals surface area contributed by atoms with E-state index in [2.05, 4.69) is 5.32 Å². The van der Waals surface area contributed by atoms with Gasteiger partial charge in [0.05, 0.1) is 0 Å². The van der Waals surface area contributed by atoms with E-state index in [1.807, 2.05) is 29.2 Å². The van der Waals surface area contributed by atoms with E-state index in [1.54, 1.807) is 0 Å².